The lowest BCUT2D eigenvalue weighted by Crippen LogP contribution is -2.32. The smallest absolute Gasteiger partial charge is 0.317 e. The molecule has 0 aliphatic heterocycles. The SMILES string of the molecule is CC(Cn1cc2c(n1)CCc1c-2sc(NC(N)=O)c1C(N)=O)N(C)Cc1ccccc1. The fraction of sp³-hybridized carbons (Fsp3) is 0.318. The highest BCUT2D eigenvalue weighted by Crippen LogP contribution is 2.44. The number of hydrogen-bond donors (Lipinski definition) is 3. The molecule has 1 aromatic carbocycles. The monoisotopic (exact) mass is 438 g/mol. The van der Waals surface area contributed by atoms with Gasteiger partial charge in [0.1, 0.15) is 5.00 Å². The average molecular weight is 439 g/mol. The normalized spacial score (nSPS) is 13.5. The predicted molar refractivity (Wildman–Crippen MR) is 122 cm³/mol. The Labute approximate surface area is 184 Å². The number of anilines is 1. The molecule has 1 aliphatic carbocycles. The topological polar surface area (TPSA) is 119 Å². The highest BCUT2D eigenvalue weighted by atomic mass is 32.1. The second kappa shape index (κ2) is 8.52. The number of primary amides is 2. The highest BCUT2D eigenvalue weighted by Gasteiger charge is 2.29. The third kappa shape index (κ3) is 4.33. The average Bonchev–Trinajstić information content (AvgIpc) is 3.28. The maximum absolute atomic E-state index is 12.0. The molecule has 1 atom stereocenters. The van der Waals surface area contributed by atoms with Gasteiger partial charge in [0.25, 0.3) is 5.91 Å². The van der Waals surface area contributed by atoms with E-state index in [-0.39, 0.29) is 6.04 Å². The summed E-state index contributed by atoms with van der Waals surface area (Å²) in [6.45, 7) is 3.79. The number of likely N-dealkylation sites (N-methyl/N-ethyl adjacent to an activating group) is 1. The summed E-state index contributed by atoms with van der Waals surface area (Å²) in [7, 11) is 2.11. The molecule has 5 N–H and O–H groups in total. The number of thiophene rings is 1. The minimum absolute atomic E-state index is 0.276. The van der Waals surface area contributed by atoms with Crippen molar-refractivity contribution in [2.45, 2.75) is 38.9 Å². The van der Waals surface area contributed by atoms with Gasteiger partial charge in [-0.05, 0) is 37.9 Å². The quantitative estimate of drug-likeness (QED) is 0.525. The largest absolute Gasteiger partial charge is 0.365 e. The molecular formula is C22H26N6O2S. The van der Waals surface area contributed by atoms with Crippen LogP contribution in [-0.4, -0.2) is 39.7 Å². The van der Waals surface area contributed by atoms with Crippen molar-refractivity contribution < 1.29 is 9.59 Å². The van der Waals surface area contributed by atoms with Crippen molar-refractivity contribution in [3.63, 3.8) is 0 Å². The van der Waals surface area contributed by atoms with E-state index in [4.69, 9.17) is 16.6 Å². The molecule has 0 fully saturated rings. The molecule has 9 heteroatoms. The predicted octanol–water partition coefficient (Wildman–Crippen LogP) is 2.82. The van der Waals surface area contributed by atoms with Crippen LogP contribution < -0.4 is 16.8 Å². The van der Waals surface area contributed by atoms with Gasteiger partial charge in [-0.15, -0.1) is 11.3 Å². The van der Waals surface area contributed by atoms with Crippen LogP contribution >= 0.6 is 11.3 Å². The third-order valence-corrected chi connectivity index (χ3v) is 6.84. The summed E-state index contributed by atoms with van der Waals surface area (Å²) < 4.78 is 1.97. The van der Waals surface area contributed by atoms with Crippen LogP contribution in [0.5, 0.6) is 0 Å². The molecule has 2 heterocycles. The number of benzene rings is 1. The molecule has 2 aromatic heterocycles. The van der Waals surface area contributed by atoms with Gasteiger partial charge in [0, 0.05) is 29.2 Å². The zero-order chi connectivity index (χ0) is 22.1. The van der Waals surface area contributed by atoms with E-state index in [0.717, 1.165) is 41.2 Å². The third-order valence-electron chi connectivity index (χ3n) is 5.66. The van der Waals surface area contributed by atoms with Crippen LogP contribution in [0.25, 0.3) is 10.4 Å². The highest BCUT2D eigenvalue weighted by molar-refractivity contribution is 7.20. The molecule has 4 rings (SSSR count). The zero-order valence-corrected chi connectivity index (χ0v) is 18.4. The summed E-state index contributed by atoms with van der Waals surface area (Å²) in [5.41, 5.74) is 15.3. The number of rotatable bonds is 7. The van der Waals surface area contributed by atoms with Crippen LogP contribution in [0.3, 0.4) is 0 Å². The number of nitrogens with one attached hydrogen (secondary N) is 1. The van der Waals surface area contributed by atoms with Crippen molar-refractivity contribution >= 4 is 28.3 Å². The molecule has 1 unspecified atom stereocenters. The van der Waals surface area contributed by atoms with E-state index in [1.165, 1.54) is 16.9 Å². The van der Waals surface area contributed by atoms with E-state index in [0.29, 0.717) is 17.0 Å². The number of hydrogen-bond acceptors (Lipinski definition) is 5. The Kier molecular flexibility index (Phi) is 5.79. The first kappa shape index (κ1) is 21.1. The van der Waals surface area contributed by atoms with E-state index in [2.05, 4.69) is 48.5 Å². The summed E-state index contributed by atoms with van der Waals surface area (Å²) in [6, 6.07) is 9.94. The standard InChI is InChI=1S/C22H26N6O2S/c1-13(27(2)11-14-6-4-3-5-7-14)10-28-12-16-17(26-28)9-8-15-18(20(23)29)21(25-22(24)30)31-19(15)16/h3-7,12-13H,8-11H2,1-2H3,(H2,23,29)(H3,24,25,30). The summed E-state index contributed by atoms with van der Waals surface area (Å²) in [5.74, 6) is -0.562. The first-order valence-corrected chi connectivity index (χ1v) is 11.0. The van der Waals surface area contributed by atoms with E-state index in [1.807, 2.05) is 16.9 Å². The number of carbonyl (C=O) groups excluding carboxylic acids is 2. The second-order valence-electron chi connectivity index (χ2n) is 7.93. The molecule has 31 heavy (non-hydrogen) atoms. The Morgan fingerprint density at radius 3 is 2.68 bits per heavy atom. The van der Waals surface area contributed by atoms with Crippen molar-refractivity contribution in [1.29, 1.82) is 0 Å². The number of nitrogens with zero attached hydrogens (tertiary/aromatic N) is 3. The molecule has 3 aromatic rings. The lowest BCUT2D eigenvalue weighted by molar-refractivity contribution is 0.100. The number of aryl methyl sites for hydroxylation is 1. The number of carbonyl (C=O) groups is 2. The van der Waals surface area contributed by atoms with Crippen LogP contribution in [-0.2, 0) is 25.9 Å². The van der Waals surface area contributed by atoms with Crippen molar-refractivity contribution in [2.75, 3.05) is 12.4 Å². The fourth-order valence-corrected chi connectivity index (χ4v) is 5.28. The summed E-state index contributed by atoms with van der Waals surface area (Å²) in [4.78, 5) is 26.6. The van der Waals surface area contributed by atoms with Crippen molar-refractivity contribution in [3.8, 4) is 10.4 Å². The summed E-state index contributed by atoms with van der Waals surface area (Å²) in [6.07, 6.45) is 3.39. The molecule has 8 nitrogen and oxygen atoms in total. The number of aromatic nitrogens is 2. The van der Waals surface area contributed by atoms with Gasteiger partial charge in [-0.25, -0.2) is 4.79 Å². The Morgan fingerprint density at radius 2 is 2.00 bits per heavy atom. The van der Waals surface area contributed by atoms with E-state index in [1.54, 1.807) is 0 Å². The van der Waals surface area contributed by atoms with Crippen LogP contribution in [0.4, 0.5) is 9.80 Å². The lowest BCUT2D eigenvalue weighted by Gasteiger charge is -2.24. The minimum Gasteiger partial charge on any atom is -0.365 e. The van der Waals surface area contributed by atoms with Gasteiger partial charge in [-0.1, -0.05) is 30.3 Å². The molecule has 1 aliphatic rings. The van der Waals surface area contributed by atoms with Gasteiger partial charge in [0.2, 0.25) is 0 Å². The molecule has 162 valence electrons. The molecule has 0 bridgehead atoms. The Hall–Kier alpha value is -3.17. The van der Waals surface area contributed by atoms with Gasteiger partial charge in [-0.2, -0.15) is 5.10 Å². The fourth-order valence-electron chi connectivity index (χ4n) is 3.99. The zero-order valence-electron chi connectivity index (χ0n) is 17.6. The number of nitrogens with two attached hydrogens (primary N) is 2. The van der Waals surface area contributed by atoms with Crippen LogP contribution in [0.2, 0.25) is 0 Å². The van der Waals surface area contributed by atoms with Crippen molar-refractivity contribution in [2.24, 2.45) is 11.5 Å². The Bertz CT molecular complexity index is 1120. The maximum atomic E-state index is 12.0. The van der Waals surface area contributed by atoms with Gasteiger partial charge < -0.3 is 11.5 Å². The van der Waals surface area contributed by atoms with Gasteiger partial charge in [-0.3, -0.25) is 19.7 Å². The molecule has 0 saturated carbocycles. The van der Waals surface area contributed by atoms with E-state index >= 15 is 0 Å². The summed E-state index contributed by atoms with van der Waals surface area (Å²) >= 11 is 1.33. The second-order valence-corrected chi connectivity index (χ2v) is 8.95. The van der Waals surface area contributed by atoms with Crippen molar-refractivity contribution in [1.82, 2.24) is 14.7 Å². The molecule has 0 spiro atoms. The molecule has 3 amide bonds. The molecule has 0 saturated heterocycles. The van der Waals surface area contributed by atoms with Crippen LogP contribution in [0, 0.1) is 0 Å². The number of urea groups is 1. The van der Waals surface area contributed by atoms with Gasteiger partial charge in [0.15, 0.2) is 0 Å². The van der Waals surface area contributed by atoms with Crippen LogP contribution in [0.1, 0.15) is 34.1 Å². The first-order chi connectivity index (χ1) is 14.8. The van der Waals surface area contributed by atoms with Crippen molar-refractivity contribution in [3.05, 3.63) is 58.9 Å². The van der Waals surface area contributed by atoms with Gasteiger partial charge >= 0.3 is 6.03 Å². The van der Waals surface area contributed by atoms with E-state index < -0.39 is 11.9 Å². The Balaban J connectivity index is 1.56. The maximum Gasteiger partial charge on any atom is 0.317 e. The number of fused-ring (bicyclic) bond motifs is 3. The Morgan fingerprint density at radius 1 is 1.26 bits per heavy atom. The first-order valence-electron chi connectivity index (χ1n) is 10.2. The lowest BCUT2D eigenvalue weighted by atomic mass is 9.94. The van der Waals surface area contributed by atoms with Crippen LogP contribution in [0.15, 0.2) is 36.5 Å². The molecule has 0 radical (unpaired) electrons. The summed E-state index contributed by atoms with van der Waals surface area (Å²) in [5, 5.41) is 7.74. The molecular weight excluding hydrogens is 412 g/mol. The minimum atomic E-state index is -0.715. The van der Waals surface area contributed by atoms with E-state index in [9.17, 15) is 9.59 Å². The van der Waals surface area contributed by atoms with Gasteiger partial charge in [0.05, 0.1) is 17.8 Å². The number of amides is 3.